The third-order valence-electron chi connectivity index (χ3n) is 1.44. The van der Waals surface area contributed by atoms with E-state index in [4.69, 9.17) is 10.2 Å². The van der Waals surface area contributed by atoms with E-state index in [1.54, 1.807) is 20.8 Å². The summed E-state index contributed by atoms with van der Waals surface area (Å²) in [6.45, 7) is 4.90. The molecular weight excluding hydrogens is 236 g/mol. The van der Waals surface area contributed by atoms with E-state index in [1.807, 2.05) is 0 Å². The molecule has 4 N–H and O–H groups in total. The van der Waals surface area contributed by atoms with Crippen molar-refractivity contribution in [2.75, 3.05) is 6.54 Å². The summed E-state index contributed by atoms with van der Waals surface area (Å²) in [4.78, 5) is 10.2. The molecule has 0 bridgehead atoms. The maximum absolute atomic E-state index is 11.3. The van der Waals surface area contributed by atoms with Crippen molar-refractivity contribution < 1.29 is 23.4 Å². The van der Waals surface area contributed by atoms with Gasteiger partial charge in [-0.2, -0.15) is 13.1 Å². The lowest BCUT2D eigenvalue weighted by atomic mass is 10.1. The Labute approximate surface area is 95.0 Å². The second kappa shape index (κ2) is 5.58. The average molecular weight is 254 g/mol. The lowest BCUT2D eigenvalue weighted by Crippen LogP contribution is -2.47. The van der Waals surface area contributed by atoms with Crippen LogP contribution in [0.25, 0.3) is 0 Å². The van der Waals surface area contributed by atoms with E-state index in [2.05, 4.69) is 9.44 Å². The zero-order valence-corrected chi connectivity index (χ0v) is 10.3. The first-order valence-electron chi connectivity index (χ1n) is 4.73. The maximum Gasteiger partial charge on any atom is 0.332 e. The van der Waals surface area contributed by atoms with Gasteiger partial charge in [0.05, 0.1) is 0 Å². The molecule has 0 fully saturated rings. The molecule has 0 radical (unpaired) electrons. The SMILES string of the molecule is CC(C)(C)NS(=O)(=O)NCCC(O)C(=O)O. The molecule has 0 amide bonds. The van der Waals surface area contributed by atoms with Crippen LogP contribution in [0.5, 0.6) is 0 Å². The van der Waals surface area contributed by atoms with Gasteiger partial charge in [0.15, 0.2) is 6.10 Å². The van der Waals surface area contributed by atoms with E-state index in [9.17, 15) is 13.2 Å². The van der Waals surface area contributed by atoms with E-state index in [-0.39, 0.29) is 13.0 Å². The molecule has 0 aliphatic carbocycles. The Morgan fingerprint density at radius 1 is 1.38 bits per heavy atom. The summed E-state index contributed by atoms with van der Waals surface area (Å²) < 4.78 is 27.2. The first-order chi connectivity index (χ1) is 7.03. The van der Waals surface area contributed by atoms with Gasteiger partial charge < -0.3 is 10.2 Å². The fourth-order valence-electron chi connectivity index (χ4n) is 0.893. The lowest BCUT2D eigenvalue weighted by Gasteiger charge is -2.20. The zero-order valence-electron chi connectivity index (χ0n) is 9.52. The van der Waals surface area contributed by atoms with Crippen LogP contribution in [0.4, 0.5) is 0 Å². The van der Waals surface area contributed by atoms with Gasteiger partial charge >= 0.3 is 5.97 Å². The minimum Gasteiger partial charge on any atom is -0.479 e. The molecule has 0 aromatic carbocycles. The van der Waals surface area contributed by atoms with Gasteiger partial charge in [0.2, 0.25) is 0 Å². The molecule has 1 unspecified atom stereocenters. The second-order valence-corrected chi connectivity index (χ2v) is 5.89. The summed E-state index contributed by atoms with van der Waals surface area (Å²) in [5.74, 6) is -1.37. The average Bonchev–Trinajstić information content (AvgIpc) is 1.98. The van der Waals surface area contributed by atoms with E-state index < -0.39 is 27.8 Å². The van der Waals surface area contributed by atoms with E-state index in [0.29, 0.717) is 0 Å². The number of aliphatic carboxylic acids is 1. The summed E-state index contributed by atoms with van der Waals surface area (Å²) in [6.07, 6.45) is -1.74. The van der Waals surface area contributed by atoms with Gasteiger partial charge in [-0.1, -0.05) is 0 Å². The van der Waals surface area contributed by atoms with Gasteiger partial charge in [-0.3, -0.25) is 0 Å². The zero-order chi connectivity index (χ0) is 13.0. The van der Waals surface area contributed by atoms with Crippen molar-refractivity contribution in [3.8, 4) is 0 Å². The summed E-state index contributed by atoms with van der Waals surface area (Å²) >= 11 is 0. The molecule has 0 aromatic rings. The van der Waals surface area contributed by atoms with Crippen molar-refractivity contribution >= 4 is 16.2 Å². The predicted octanol–water partition coefficient (Wildman–Crippen LogP) is -0.955. The molecule has 16 heavy (non-hydrogen) atoms. The smallest absolute Gasteiger partial charge is 0.332 e. The van der Waals surface area contributed by atoms with Crippen molar-refractivity contribution in [3.63, 3.8) is 0 Å². The Morgan fingerprint density at radius 3 is 2.25 bits per heavy atom. The number of rotatable bonds is 6. The van der Waals surface area contributed by atoms with Crippen LogP contribution in [0.1, 0.15) is 27.2 Å². The monoisotopic (exact) mass is 254 g/mol. The topological polar surface area (TPSA) is 116 Å². The number of hydrogen-bond acceptors (Lipinski definition) is 4. The van der Waals surface area contributed by atoms with Crippen LogP contribution in [0.3, 0.4) is 0 Å². The van der Waals surface area contributed by atoms with Crippen LogP contribution in [-0.4, -0.2) is 42.8 Å². The van der Waals surface area contributed by atoms with E-state index >= 15 is 0 Å². The third kappa shape index (κ3) is 7.57. The molecule has 8 heteroatoms. The van der Waals surface area contributed by atoms with Crippen molar-refractivity contribution in [3.05, 3.63) is 0 Å². The lowest BCUT2D eigenvalue weighted by molar-refractivity contribution is -0.146. The highest BCUT2D eigenvalue weighted by Gasteiger charge is 2.20. The minimum atomic E-state index is -3.66. The van der Waals surface area contributed by atoms with Gasteiger partial charge in [0, 0.05) is 12.1 Å². The molecule has 0 saturated heterocycles. The van der Waals surface area contributed by atoms with Crippen LogP contribution >= 0.6 is 0 Å². The Morgan fingerprint density at radius 2 is 1.88 bits per heavy atom. The van der Waals surface area contributed by atoms with Crippen LogP contribution in [0, 0.1) is 0 Å². The molecule has 0 spiro atoms. The molecule has 0 heterocycles. The number of hydrogen-bond donors (Lipinski definition) is 4. The molecule has 0 aliphatic rings. The molecule has 0 rings (SSSR count). The normalized spacial score (nSPS) is 14.8. The molecule has 0 aliphatic heterocycles. The number of carboxylic acid groups (broad SMARTS) is 1. The van der Waals surface area contributed by atoms with Gasteiger partial charge in [0.1, 0.15) is 0 Å². The highest BCUT2D eigenvalue weighted by molar-refractivity contribution is 7.87. The molecule has 0 aromatic heterocycles. The van der Waals surface area contributed by atoms with E-state index in [0.717, 1.165) is 0 Å². The molecular formula is C8H18N2O5S. The second-order valence-electron chi connectivity index (χ2n) is 4.39. The summed E-state index contributed by atoms with van der Waals surface area (Å²) in [7, 11) is -3.66. The first kappa shape index (κ1) is 15.3. The maximum atomic E-state index is 11.3. The summed E-state index contributed by atoms with van der Waals surface area (Å²) in [5, 5.41) is 17.3. The highest BCUT2D eigenvalue weighted by Crippen LogP contribution is 2.00. The summed E-state index contributed by atoms with van der Waals surface area (Å²) in [6, 6.07) is 0. The Bertz CT molecular complexity index is 333. The van der Waals surface area contributed by atoms with Crippen LogP contribution in [-0.2, 0) is 15.0 Å². The number of aliphatic hydroxyl groups is 1. The van der Waals surface area contributed by atoms with Gasteiger partial charge in [-0.15, -0.1) is 0 Å². The highest BCUT2D eigenvalue weighted by atomic mass is 32.2. The van der Waals surface area contributed by atoms with Crippen LogP contribution in [0.2, 0.25) is 0 Å². The van der Waals surface area contributed by atoms with Crippen LogP contribution < -0.4 is 9.44 Å². The molecule has 1 atom stereocenters. The number of aliphatic hydroxyl groups excluding tert-OH is 1. The largest absolute Gasteiger partial charge is 0.479 e. The van der Waals surface area contributed by atoms with Crippen molar-refractivity contribution in [1.82, 2.24) is 9.44 Å². The summed E-state index contributed by atoms with van der Waals surface area (Å²) in [5.41, 5.74) is -0.614. The molecule has 96 valence electrons. The van der Waals surface area contributed by atoms with Crippen LogP contribution in [0.15, 0.2) is 0 Å². The van der Waals surface area contributed by atoms with Crippen molar-refractivity contribution in [2.45, 2.75) is 38.8 Å². The third-order valence-corrected chi connectivity index (χ3v) is 2.90. The quantitative estimate of drug-likeness (QED) is 0.487. The first-order valence-corrected chi connectivity index (χ1v) is 6.21. The fourth-order valence-corrected chi connectivity index (χ4v) is 2.16. The van der Waals surface area contributed by atoms with E-state index in [1.165, 1.54) is 0 Å². The Hall–Kier alpha value is -0.700. The van der Waals surface area contributed by atoms with Crippen molar-refractivity contribution in [2.24, 2.45) is 0 Å². The Balaban J connectivity index is 4.07. The van der Waals surface area contributed by atoms with Gasteiger partial charge in [-0.25, -0.2) is 9.52 Å². The standard InChI is InChI=1S/C8H18N2O5S/c1-8(2,3)10-16(14,15)9-5-4-6(11)7(12)13/h6,9-11H,4-5H2,1-3H3,(H,12,13). The number of carbonyl (C=O) groups is 1. The number of nitrogens with one attached hydrogen (secondary N) is 2. The Kier molecular flexibility index (Phi) is 5.33. The van der Waals surface area contributed by atoms with Gasteiger partial charge in [0.25, 0.3) is 10.2 Å². The molecule has 7 nitrogen and oxygen atoms in total. The van der Waals surface area contributed by atoms with Gasteiger partial charge in [-0.05, 0) is 27.2 Å². The van der Waals surface area contributed by atoms with Crippen molar-refractivity contribution in [1.29, 1.82) is 0 Å². The fraction of sp³-hybridized carbons (Fsp3) is 0.875. The minimum absolute atomic E-state index is 0.140. The predicted molar refractivity (Wildman–Crippen MR) is 58.1 cm³/mol. The number of carboxylic acids is 1. The molecule has 0 saturated carbocycles.